The number of nitrogens with zero attached hydrogens (tertiary/aromatic N) is 1. The third-order valence-corrected chi connectivity index (χ3v) is 13.5. The van der Waals surface area contributed by atoms with Crippen LogP contribution in [-0.2, 0) is 14.3 Å². The molecule has 0 spiro atoms. The molecule has 4 aliphatic rings. The number of ether oxygens (including phenoxy) is 1. The van der Waals surface area contributed by atoms with E-state index in [1.54, 1.807) is 35.6 Å². The number of Topliss-reactive ketones (excluding diaryl/α,β-unsaturated/α-hetero) is 1. The predicted octanol–water partition coefficient (Wildman–Crippen LogP) is 7.06. The van der Waals surface area contributed by atoms with Crippen LogP contribution in [-0.4, -0.2) is 45.1 Å². The first kappa shape index (κ1) is 28.9. The number of rotatable bonds is 6. The molecule has 6 unspecified atom stereocenters. The number of aromatic nitrogens is 1. The van der Waals surface area contributed by atoms with E-state index in [0.29, 0.717) is 24.8 Å². The SMILES string of the molecule is CC12CCC(=O)C=C1CCC1C2C(O)CC2(C)C1CC[C@]2(OC(=O)c1ccccc1)C(=O)CSc1nc2ccccc2s1. The third kappa shape index (κ3) is 4.55. The third-order valence-electron chi connectivity index (χ3n) is 11.3. The number of hydrogen-bond donors (Lipinski definition) is 1. The van der Waals surface area contributed by atoms with Crippen molar-refractivity contribution < 1.29 is 24.2 Å². The van der Waals surface area contributed by atoms with Crippen LogP contribution in [0.3, 0.4) is 0 Å². The summed E-state index contributed by atoms with van der Waals surface area (Å²) in [7, 11) is 0. The highest BCUT2D eigenvalue weighted by molar-refractivity contribution is 8.01. The van der Waals surface area contributed by atoms with Gasteiger partial charge in [-0.05, 0) is 92.0 Å². The average Bonchev–Trinajstić information content (AvgIpc) is 3.55. The molecular weight excluding hydrogens is 579 g/mol. The topological polar surface area (TPSA) is 93.6 Å². The van der Waals surface area contributed by atoms with Crippen molar-refractivity contribution in [3.63, 3.8) is 0 Å². The molecule has 1 heterocycles. The zero-order valence-electron chi connectivity index (χ0n) is 24.6. The second-order valence-electron chi connectivity index (χ2n) is 13.4. The number of carbonyl (C=O) groups excluding carboxylic acids is 3. The Morgan fingerprint density at radius 2 is 1.81 bits per heavy atom. The highest BCUT2D eigenvalue weighted by Crippen LogP contribution is 2.68. The first-order valence-electron chi connectivity index (χ1n) is 15.4. The van der Waals surface area contributed by atoms with Crippen LogP contribution in [0.15, 0.2) is 70.6 Å². The molecule has 0 aliphatic heterocycles. The predicted molar refractivity (Wildman–Crippen MR) is 168 cm³/mol. The van der Waals surface area contributed by atoms with Crippen LogP contribution in [0.4, 0.5) is 0 Å². The van der Waals surface area contributed by atoms with Gasteiger partial charge in [0.1, 0.15) is 0 Å². The van der Waals surface area contributed by atoms with Gasteiger partial charge in [0.15, 0.2) is 21.5 Å². The lowest BCUT2D eigenvalue weighted by atomic mass is 9.45. The molecule has 4 aliphatic carbocycles. The largest absolute Gasteiger partial charge is 0.447 e. The molecule has 0 radical (unpaired) electrons. The standard InChI is InChI=1S/C35H37NO5S2/c1-33-16-14-23(37)18-22(33)12-13-24-25-15-17-35(34(25,2)19-27(38)30(24)33,41-31(40)21-8-4-3-5-9-21)29(39)20-42-32-36-26-10-6-7-11-28(26)43-32/h3-11,18,24-25,27,30,38H,12-17,19-20H2,1-2H3/t24?,25?,27?,30?,33?,34?,35-/m0/s1. The van der Waals surface area contributed by atoms with Crippen LogP contribution >= 0.6 is 23.1 Å². The van der Waals surface area contributed by atoms with E-state index in [0.717, 1.165) is 40.2 Å². The van der Waals surface area contributed by atoms with Gasteiger partial charge in [-0.15, -0.1) is 11.3 Å². The van der Waals surface area contributed by atoms with E-state index in [1.807, 2.05) is 36.4 Å². The molecule has 2 aromatic carbocycles. The smallest absolute Gasteiger partial charge is 0.339 e. The fourth-order valence-corrected chi connectivity index (χ4v) is 11.3. The van der Waals surface area contributed by atoms with Gasteiger partial charge in [-0.2, -0.15) is 0 Å². The number of thioether (sulfide) groups is 1. The van der Waals surface area contributed by atoms with E-state index in [1.165, 1.54) is 17.3 Å². The quantitative estimate of drug-likeness (QED) is 0.235. The molecule has 1 N–H and O–H groups in total. The molecule has 8 heteroatoms. The van der Waals surface area contributed by atoms with Crippen molar-refractivity contribution in [2.24, 2.45) is 28.6 Å². The molecule has 0 saturated heterocycles. The normalized spacial score (nSPS) is 35.0. The van der Waals surface area contributed by atoms with E-state index in [9.17, 15) is 19.5 Å². The van der Waals surface area contributed by atoms with Crippen LogP contribution in [0.25, 0.3) is 10.2 Å². The number of benzene rings is 2. The number of esters is 1. The second kappa shape index (κ2) is 10.7. The zero-order valence-corrected chi connectivity index (χ0v) is 26.2. The van der Waals surface area contributed by atoms with Crippen molar-refractivity contribution in [1.29, 1.82) is 0 Å². The molecule has 3 aromatic rings. The maximum absolute atomic E-state index is 14.5. The molecule has 43 heavy (non-hydrogen) atoms. The molecule has 224 valence electrons. The molecule has 7 rings (SSSR count). The van der Waals surface area contributed by atoms with Gasteiger partial charge in [0, 0.05) is 11.8 Å². The number of hydrogen-bond acceptors (Lipinski definition) is 8. The van der Waals surface area contributed by atoms with Gasteiger partial charge in [-0.25, -0.2) is 9.78 Å². The maximum atomic E-state index is 14.5. The summed E-state index contributed by atoms with van der Waals surface area (Å²) in [5, 5.41) is 12.0. The summed E-state index contributed by atoms with van der Waals surface area (Å²) in [6, 6.07) is 16.8. The summed E-state index contributed by atoms with van der Waals surface area (Å²) in [4.78, 5) is 45.2. The Labute approximate surface area is 260 Å². The van der Waals surface area contributed by atoms with Gasteiger partial charge >= 0.3 is 5.97 Å². The summed E-state index contributed by atoms with van der Waals surface area (Å²) >= 11 is 2.96. The van der Waals surface area contributed by atoms with E-state index < -0.39 is 23.1 Å². The highest BCUT2D eigenvalue weighted by atomic mass is 32.2. The molecule has 3 fully saturated rings. The molecule has 7 atom stereocenters. The van der Waals surface area contributed by atoms with Gasteiger partial charge in [-0.1, -0.05) is 61.5 Å². The van der Waals surface area contributed by atoms with E-state index >= 15 is 0 Å². The van der Waals surface area contributed by atoms with Crippen molar-refractivity contribution >= 4 is 50.9 Å². The van der Waals surface area contributed by atoms with E-state index in [-0.39, 0.29) is 40.5 Å². The Hall–Kier alpha value is -2.81. The minimum Gasteiger partial charge on any atom is -0.447 e. The summed E-state index contributed by atoms with van der Waals surface area (Å²) in [5.41, 5.74) is 0.212. The van der Waals surface area contributed by atoms with Gasteiger partial charge in [0.25, 0.3) is 0 Å². The Morgan fingerprint density at radius 1 is 1.05 bits per heavy atom. The molecule has 3 saturated carbocycles. The zero-order chi connectivity index (χ0) is 30.0. The number of carbonyl (C=O) groups is 3. The molecule has 0 bridgehead atoms. The average molecular weight is 616 g/mol. The number of para-hydroxylation sites is 1. The Bertz CT molecular complexity index is 1600. The number of fused-ring (bicyclic) bond motifs is 6. The van der Waals surface area contributed by atoms with Crippen LogP contribution in [0.1, 0.15) is 69.2 Å². The number of aliphatic hydroxyl groups is 1. The summed E-state index contributed by atoms with van der Waals surface area (Å²) in [6.07, 6.45) is 5.74. The van der Waals surface area contributed by atoms with Crippen molar-refractivity contribution in [3.05, 3.63) is 71.8 Å². The summed E-state index contributed by atoms with van der Waals surface area (Å²) in [6.45, 7) is 4.31. The second-order valence-corrected chi connectivity index (χ2v) is 15.6. The molecule has 1 aromatic heterocycles. The molecule has 0 amide bonds. The van der Waals surface area contributed by atoms with Crippen LogP contribution in [0.5, 0.6) is 0 Å². The summed E-state index contributed by atoms with van der Waals surface area (Å²) < 4.78 is 8.34. The lowest BCUT2D eigenvalue weighted by Gasteiger charge is -2.60. The fourth-order valence-electron chi connectivity index (χ4n) is 9.31. The van der Waals surface area contributed by atoms with E-state index in [2.05, 4.69) is 13.8 Å². The Morgan fingerprint density at radius 3 is 2.60 bits per heavy atom. The number of thiazole rings is 1. The minimum absolute atomic E-state index is 0.0199. The van der Waals surface area contributed by atoms with E-state index in [4.69, 9.17) is 9.72 Å². The van der Waals surface area contributed by atoms with Crippen LogP contribution in [0, 0.1) is 28.6 Å². The van der Waals surface area contributed by atoms with Gasteiger partial charge < -0.3 is 9.84 Å². The highest BCUT2D eigenvalue weighted by Gasteiger charge is 2.70. The van der Waals surface area contributed by atoms with Crippen LogP contribution < -0.4 is 0 Å². The first-order chi connectivity index (χ1) is 20.6. The maximum Gasteiger partial charge on any atom is 0.339 e. The minimum atomic E-state index is -1.35. The van der Waals surface area contributed by atoms with Gasteiger partial charge in [0.05, 0.1) is 27.6 Å². The Kier molecular flexibility index (Phi) is 7.18. The number of allylic oxidation sites excluding steroid dienone is 1. The van der Waals surface area contributed by atoms with Crippen molar-refractivity contribution in [2.75, 3.05) is 5.75 Å². The van der Waals surface area contributed by atoms with Crippen LogP contribution in [0.2, 0.25) is 0 Å². The lowest BCUT2D eigenvalue weighted by molar-refractivity contribution is -0.180. The molecule has 6 nitrogen and oxygen atoms in total. The Balaban J connectivity index is 1.23. The lowest BCUT2D eigenvalue weighted by Crippen LogP contribution is -2.63. The number of ketones is 2. The fraction of sp³-hybridized carbons (Fsp3) is 0.486. The summed E-state index contributed by atoms with van der Waals surface area (Å²) in [5.74, 6) is 0.0484. The molecular formula is C35H37NO5S2. The van der Waals surface area contributed by atoms with Crippen molar-refractivity contribution in [2.45, 2.75) is 74.8 Å². The van der Waals surface area contributed by atoms with Gasteiger partial charge in [-0.3, -0.25) is 9.59 Å². The van der Waals surface area contributed by atoms with Crippen molar-refractivity contribution in [1.82, 2.24) is 4.98 Å². The number of aliphatic hydroxyl groups excluding tert-OH is 1. The first-order valence-corrected chi connectivity index (χ1v) is 17.2. The van der Waals surface area contributed by atoms with Gasteiger partial charge in [0.2, 0.25) is 0 Å². The van der Waals surface area contributed by atoms with Crippen molar-refractivity contribution in [3.8, 4) is 0 Å². The monoisotopic (exact) mass is 615 g/mol.